The van der Waals surface area contributed by atoms with Crippen LogP contribution in [0.3, 0.4) is 0 Å². The number of nitro groups is 1. The Morgan fingerprint density at radius 1 is 1.33 bits per heavy atom. The molecule has 0 aromatic heterocycles. The molecule has 0 spiro atoms. The van der Waals surface area contributed by atoms with Crippen molar-refractivity contribution in [1.29, 1.82) is 5.26 Å². The Hall–Kier alpha value is -2.85. The molecule has 0 unspecified atom stereocenters. The third kappa shape index (κ3) is 4.33. The van der Waals surface area contributed by atoms with Crippen LogP contribution in [0.25, 0.3) is 6.08 Å². The Kier molecular flexibility index (Phi) is 5.93. The number of nitriles is 1. The van der Waals surface area contributed by atoms with Gasteiger partial charge in [-0.1, -0.05) is 34.1 Å². The van der Waals surface area contributed by atoms with Crippen molar-refractivity contribution >= 4 is 22.0 Å². The fourth-order valence-corrected chi connectivity index (χ4v) is 2.46. The first-order chi connectivity index (χ1) is 11.5. The van der Waals surface area contributed by atoms with Gasteiger partial charge in [-0.15, -0.1) is 0 Å². The van der Waals surface area contributed by atoms with Gasteiger partial charge in [-0.2, -0.15) is 5.26 Å². The van der Waals surface area contributed by atoms with Gasteiger partial charge >= 0.3 is 0 Å². The van der Waals surface area contributed by atoms with Crippen molar-refractivity contribution in [3.05, 3.63) is 73.9 Å². The molecule has 0 saturated carbocycles. The largest absolute Gasteiger partial charge is 0.493 e. The Labute approximate surface area is 147 Å². The van der Waals surface area contributed by atoms with Crippen molar-refractivity contribution in [3.8, 4) is 17.6 Å². The zero-order valence-corrected chi connectivity index (χ0v) is 14.3. The minimum Gasteiger partial charge on any atom is -0.493 e. The van der Waals surface area contributed by atoms with Crippen LogP contribution in [0.1, 0.15) is 16.7 Å². The van der Waals surface area contributed by atoms with Gasteiger partial charge in [0.1, 0.15) is 6.61 Å². The standard InChI is InChI=1S/C17H13BrN2O4/c1-23-16-8-12(6-7-20(21)22)15(18)9-17(16)24-11-14-5-3-2-4-13(14)10-19/h2-9H,11H2,1H3. The lowest BCUT2D eigenvalue weighted by Gasteiger charge is -2.13. The summed E-state index contributed by atoms with van der Waals surface area (Å²) < 4.78 is 11.7. The summed E-state index contributed by atoms with van der Waals surface area (Å²) in [4.78, 5) is 9.91. The molecular formula is C17H13BrN2O4. The van der Waals surface area contributed by atoms with Crippen molar-refractivity contribution in [2.24, 2.45) is 0 Å². The summed E-state index contributed by atoms with van der Waals surface area (Å²) in [6, 6.07) is 12.6. The summed E-state index contributed by atoms with van der Waals surface area (Å²) in [6.45, 7) is 0.205. The maximum absolute atomic E-state index is 10.4. The van der Waals surface area contributed by atoms with E-state index in [0.717, 1.165) is 11.8 Å². The van der Waals surface area contributed by atoms with E-state index in [1.807, 2.05) is 12.1 Å². The summed E-state index contributed by atoms with van der Waals surface area (Å²) in [5, 5.41) is 19.5. The monoisotopic (exact) mass is 388 g/mol. The fourth-order valence-electron chi connectivity index (χ4n) is 2.00. The van der Waals surface area contributed by atoms with Crippen LogP contribution in [0.2, 0.25) is 0 Å². The van der Waals surface area contributed by atoms with Crippen LogP contribution in [0.5, 0.6) is 11.5 Å². The second kappa shape index (κ2) is 8.13. The molecule has 2 aromatic carbocycles. The summed E-state index contributed by atoms with van der Waals surface area (Å²) >= 11 is 3.35. The van der Waals surface area contributed by atoms with E-state index in [9.17, 15) is 10.1 Å². The van der Waals surface area contributed by atoms with Crippen LogP contribution in [0.4, 0.5) is 0 Å². The average molecular weight is 389 g/mol. The molecule has 0 N–H and O–H groups in total. The van der Waals surface area contributed by atoms with E-state index >= 15 is 0 Å². The number of methoxy groups -OCH3 is 1. The summed E-state index contributed by atoms with van der Waals surface area (Å²) in [5.41, 5.74) is 1.89. The van der Waals surface area contributed by atoms with E-state index in [4.69, 9.17) is 14.7 Å². The molecule has 7 heteroatoms. The van der Waals surface area contributed by atoms with Crippen LogP contribution in [-0.2, 0) is 6.61 Å². The Morgan fingerprint density at radius 2 is 2.08 bits per heavy atom. The van der Waals surface area contributed by atoms with Gasteiger partial charge in [0.05, 0.1) is 23.7 Å². The maximum atomic E-state index is 10.4. The first-order valence-corrected chi connectivity index (χ1v) is 7.64. The minimum atomic E-state index is -0.540. The van der Waals surface area contributed by atoms with Crippen LogP contribution < -0.4 is 9.47 Å². The number of hydrogen-bond donors (Lipinski definition) is 0. The van der Waals surface area contributed by atoms with Gasteiger partial charge in [-0.05, 0) is 23.8 Å². The topological polar surface area (TPSA) is 85.4 Å². The molecule has 0 atom stereocenters. The third-order valence-electron chi connectivity index (χ3n) is 3.18. The number of nitrogens with zero attached hydrogens (tertiary/aromatic N) is 2. The van der Waals surface area contributed by atoms with E-state index in [1.165, 1.54) is 13.2 Å². The summed E-state index contributed by atoms with van der Waals surface area (Å²) in [5.74, 6) is 0.908. The van der Waals surface area contributed by atoms with E-state index in [-0.39, 0.29) is 6.61 Å². The first-order valence-electron chi connectivity index (χ1n) is 6.85. The highest BCUT2D eigenvalue weighted by Crippen LogP contribution is 2.34. The number of rotatable bonds is 6. The quantitative estimate of drug-likeness (QED) is 0.547. The Balaban J connectivity index is 2.26. The predicted molar refractivity (Wildman–Crippen MR) is 92.2 cm³/mol. The highest BCUT2D eigenvalue weighted by atomic mass is 79.9. The molecule has 0 aliphatic rings. The van der Waals surface area contributed by atoms with Crippen molar-refractivity contribution < 1.29 is 14.4 Å². The number of hydrogen-bond acceptors (Lipinski definition) is 5. The second-order valence-corrected chi connectivity index (χ2v) is 5.54. The lowest BCUT2D eigenvalue weighted by atomic mass is 10.1. The van der Waals surface area contributed by atoms with Crippen molar-refractivity contribution in [2.45, 2.75) is 6.61 Å². The molecule has 0 radical (unpaired) electrons. The predicted octanol–water partition coefficient (Wildman–Crippen LogP) is 4.16. The van der Waals surface area contributed by atoms with Crippen molar-refractivity contribution in [2.75, 3.05) is 7.11 Å². The smallest absolute Gasteiger partial charge is 0.235 e. The average Bonchev–Trinajstić information content (AvgIpc) is 2.59. The number of benzene rings is 2. The lowest BCUT2D eigenvalue weighted by molar-refractivity contribution is -0.400. The molecule has 0 aliphatic heterocycles. The molecule has 6 nitrogen and oxygen atoms in total. The molecule has 0 saturated heterocycles. The minimum absolute atomic E-state index is 0.205. The van der Waals surface area contributed by atoms with Crippen LogP contribution in [-0.4, -0.2) is 12.0 Å². The molecule has 2 aromatic rings. The van der Waals surface area contributed by atoms with Crippen LogP contribution in [0, 0.1) is 21.4 Å². The Bertz CT molecular complexity index is 828. The van der Waals surface area contributed by atoms with E-state index in [2.05, 4.69) is 22.0 Å². The molecule has 0 aliphatic carbocycles. The molecule has 0 bridgehead atoms. The summed E-state index contributed by atoms with van der Waals surface area (Å²) in [6.07, 6.45) is 2.21. The van der Waals surface area contributed by atoms with Crippen LogP contribution >= 0.6 is 15.9 Å². The normalized spacial score (nSPS) is 10.4. The fraction of sp³-hybridized carbons (Fsp3) is 0.118. The van der Waals surface area contributed by atoms with E-state index in [1.54, 1.807) is 24.3 Å². The molecule has 0 fully saturated rings. The molecule has 0 heterocycles. The first kappa shape index (κ1) is 17.5. The zero-order chi connectivity index (χ0) is 17.5. The van der Waals surface area contributed by atoms with Gasteiger partial charge < -0.3 is 9.47 Å². The van der Waals surface area contributed by atoms with Gasteiger partial charge in [0, 0.05) is 16.1 Å². The third-order valence-corrected chi connectivity index (χ3v) is 3.87. The molecule has 0 amide bonds. The van der Waals surface area contributed by atoms with Crippen molar-refractivity contribution in [1.82, 2.24) is 0 Å². The maximum Gasteiger partial charge on any atom is 0.235 e. The SMILES string of the molecule is COc1cc(C=C[N+](=O)[O-])c(Br)cc1OCc1ccccc1C#N. The molecule has 24 heavy (non-hydrogen) atoms. The lowest BCUT2D eigenvalue weighted by Crippen LogP contribution is -2.00. The second-order valence-electron chi connectivity index (χ2n) is 4.68. The van der Waals surface area contributed by atoms with Gasteiger partial charge in [0.2, 0.25) is 6.20 Å². The Morgan fingerprint density at radius 3 is 2.75 bits per heavy atom. The highest BCUT2D eigenvalue weighted by Gasteiger charge is 2.11. The number of ether oxygens (including phenoxy) is 2. The van der Waals surface area contributed by atoms with Gasteiger partial charge in [0.25, 0.3) is 0 Å². The van der Waals surface area contributed by atoms with Crippen LogP contribution in [0.15, 0.2) is 47.1 Å². The van der Waals surface area contributed by atoms with Gasteiger partial charge in [-0.3, -0.25) is 10.1 Å². The van der Waals surface area contributed by atoms with E-state index < -0.39 is 4.92 Å². The highest BCUT2D eigenvalue weighted by molar-refractivity contribution is 9.10. The summed E-state index contributed by atoms with van der Waals surface area (Å²) in [7, 11) is 1.49. The molecule has 122 valence electrons. The van der Waals surface area contributed by atoms with Gasteiger partial charge in [-0.25, -0.2) is 0 Å². The molecule has 2 rings (SSSR count). The van der Waals surface area contributed by atoms with Gasteiger partial charge in [0.15, 0.2) is 11.5 Å². The zero-order valence-electron chi connectivity index (χ0n) is 12.7. The van der Waals surface area contributed by atoms with E-state index in [0.29, 0.717) is 27.1 Å². The van der Waals surface area contributed by atoms with Crippen molar-refractivity contribution in [3.63, 3.8) is 0 Å². The number of halogens is 1. The molecular weight excluding hydrogens is 376 g/mol.